The molecule has 7 heteroatoms. The Kier molecular flexibility index (Phi) is 7.89. The molecule has 0 saturated carbocycles. The number of amides is 2. The summed E-state index contributed by atoms with van der Waals surface area (Å²) in [5.41, 5.74) is 1.17. The van der Waals surface area contributed by atoms with Gasteiger partial charge in [-0.05, 0) is 54.8 Å². The van der Waals surface area contributed by atoms with Gasteiger partial charge in [0.25, 0.3) is 11.8 Å². The second kappa shape index (κ2) is 10.8. The van der Waals surface area contributed by atoms with Gasteiger partial charge in [0.05, 0.1) is 36.2 Å². The third-order valence-electron chi connectivity index (χ3n) is 4.56. The van der Waals surface area contributed by atoms with Crippen LogP contribution in [-0.4, -0.2) is 18.4 Å². The molecule has 0 saturated heterocycles. The van der Waals surface area contributed by atoms with Gasteiger partial charge in [-0.2, -0.15) is 0 Å². The Labute approximate surface area is 190 Å². The van der Waals surface area contributed by atoms with Crippen molar-refractivity contribution >= 4 is 33.4 Å². The van der Waals surface area contributed by atoms with Crippen molar-refractivity contribution in [3.63, 3.8) is 0 Å². The number of benzene rings is 2. The van der Waals surface area contributed by atoms with Crippen LogP contribution in [0.1, 0.15) is 46.7 Å². The standard InChI is InChI=1S/C24H25BrN2O4/c1-16(2)11-13-31-22-10-9-17(25)14-20(22)24(29)27-21-8-4-3-7-19(21)23(28)26-15-18-6-5-12-30-18/h3-10,12,14,16H,11,13,15H2,1-2H3,(H,26,28)(H,27,29). The molecular weight excluding hydrogens is 460 g/mol. The highest BCUT2D eigenvalue weighted by atomic mass is 79.9. The zero-order chi connectivity index (χ0) is 22.2. The number of hydrogen-bond donors (Lipinski definition) is 2. The Balaban J connectivity index is 1.75. The number of carbonyl (C=O) groups is 2. The van der Waals surface area contributed by atoms with E-state index in [1.807, 2.05) is 6.07 Å². The molecule has 2 aromatic carbocycles. The summed E-state index contributed by atoms with van der Waals surface area (Å²) < 4.78 is 11.9. The Morgan fingerprint density at radius 3 is 2.58 bits per heavy atom. The second-order valence-corrected chi connectivity index (χ2v) is 8.35. The van der Waals surface area contributed by atoms with Crippen molar-refractivity contribution in [1.82, 2.24) is 5.32 Å². The van der Waals surface area contributed by atoms with Crippen molar-refractivity contribution in [3.8, 4) is 5.75 Å². The fourth-order valence-electron chi connectivity index (χ4n) is 2.87. The minimum absolute atomic E-state index is 0.258. The average molecular weight is 485 g/mol. The van der Waals surface area contributed by atoms with E-state index in [0.717, 1.165) is 10.9 Å². The highest BCUT2D eigenvalue weighted by Gasteiger charge is 2.18. The topological polar surface area (TPSA) is 80.6 Å². The summed E-state index contributed by atoms with van der Waals surface area (Å²) in [6.45, 7) is 5.01. The molecular formula is C24H25BrN2O4. The van der Waals surface area contributed by atoms with E-state index in [1.165, 1.54) is 0 Å². The highest BCUT2D eigenvalue weighted by Crippen LogP contribution is 2.26. The normalized spacial score (nSPS) is 10.7. The SMILES string of the molecule is CC(C)CCOc1ccc(Br)cc1C(=O)Nc1ccccc1C(=O)NCc1ccco1. The van der Waals surface area contributed by atoms with E-state index in [0.29, 0.717) is 40.8 Å². The van der Waals surface area contributed by atoms with Gasteiger partial charge in [0.1, 0.15) is 11.5 Å². The summed E-state index contributed by atoms with van der Waals surface area (Å²) in [5, 5.41) is 5.64. The van der Waals surface area contributed by atoms with Gasteiger partial charge in [-0.1, -0.05) is 41.9 Å². The van der Waals surface area contributed by atoms with Crippen molar-refractivity contribution < 1.29 is 18.7 Å². The van der Waals surface area contributed by atoms with Gasteiger partial charge in [0.15, 0.2) is 0 Å². The third kappa shape index (κ3) is 6.46. The monoisotopic (exact) mass is 484 g/mol. The number of hydrogen-bond acceptors (Lipinski definition) is 4. The molecule has 0 aliphatic heterocycles. The number of para-hydroxylation sites is 1. The molecule has 1 heterocycles. The maximum absolute atomic E-state index is 13.0. The van der Waals surface area contributed by atoms with Crippen molar-refractivity contribution in [2.24, 2.45) is 5.92 Å². The Hall–Kier alpha value is -3.06. The Morgan fingerprint density at radius 1 is 1.03 bits per heavy atom. The first-order valence-electron chi connectivity index (χ1n) is 10.1. The zero-order valence-corrected chi connectivity index (χ0v) is 19.1. The lowest BCUT2D eigenvalue weighted by molar-refractivity contribution is 0.0949. The van der Waals surface area contributed by atoms with E-state index >= 15 is 0 Å². The number of nitrogens with one attached hydrogen (secondary N) is 2. The van der Waals surface area contributed by atoms with Gasteiger partial charge >= 0.3 is 0 Å². The lowest BCUT2D eigenvalue weighted by Gasteiger charge is -2.15. The first-order valence-corrected chi connectivity index (χ1v) is 10.9. The van der Waals surface area contributed by atoms with Gasteiger partial charge in [0.2, 0.25) is 0 Å². The van der Waals surface area contributed by atoms with Crippen LogP contribution in [0.25, 0.3) is 0 Å². The van der Waals surface area contributed by atoms with Crippen LogP contribution >= 0.6 is 15.9 Å². The van der Waals surface area contributed by atoms with Gasteiger partial charge in [0, 0.05) is 4.47 Å². The molecule has 3 rings (SSSR count). The summed E-state index contributed by atoms with van der Waals surface area (Å²) in [6, 6.07) is 15.7. The molecule has 0 unspecified atom stereocenters. The quantitative estimate of drug-likeness (QED) is 0.411. The number of ether oxygens (including phenoxy) is 1. The van der Waals surface area contributed by atoms with E-state index in [2.05, 4.69) is 40.4 Å². The molecule has 31 heavy (non-hydrogen) atoms. The fraction of sp³-hybridized carbons (Fsp3) is 0.250. The first kappa shape index (κ1) is 22.6. The molecule has 0 radical (unpaired) electrons. The Morgan fingerprint density at radius 2 is 1.84 bits per heavy atom. The third-order valence-corrected chi connectivity index (χ3v) is 5.06. The predicted molar refractivity (Wildman–Crippen MR) is 123 cm³/mol. The number of carbonyl (C=O) groups excluding carboxylic acids is 2. The van der Waals surface area contributed by atoms with E-state index in [9.17, 15) is 9.59 Å². The van der Waals surface area contributed by atoms with Gasteiger partial charge < -0.3 is 19.8 Å². The molecule has 6 nitrogen and oxygen atoms in total. The lowest BCUT2D eigenvalue weighted by atomic mass is 10.1. The smallest absolute Gasteiger partial charge is 0.259 e. The molecule has 0 spiro atoms. The van der Waals surface area contributed by atoms with E-state index in [-0.39, 0.29) is 18.4 Å². The van der Waals surface area contributed by atoms with Crippen LogP contribution in [0.5, 0.6) is 5.75 Å². The molecule has 2 N–H and O–H groups in total. The summed E-state index contributed by atoms with van der Waals surface area (Å²) in [4.78, 5) is 25.7. The van der Waals surface area contributed by atoms with Crippen molar-refractivity contribution in [1.29, 1.82) is 0 Å². The minimum atomic E-state index is -0.355. The molecule has 1 aromatic heterocycles. The van der Waals surface area contributed by atoms with Gasteiger partial charge in [-0.15, -0.1) is 0 Å². The minimum Gasteiger partial charge on any atom is -0.493 e. The van der Waals surface area contributed by atoms with Crippen LogP contribution < -0.4 is 15.4 Å². The summed E-state index contributed by atoms with van der Waals surface area (Å²) >= 11 is 3.41. The Bertz CT molecular complexity index is 1030. The summed E-state index contributed by atoms with van der Waals surface area (Å²) in [5.74, 6) is 0.981. The largest absolute Gasteiger partial charge is 0.493 e. The average Bonchev–Trinajstić information content (AvgIpc) is 3.27. The first-order chi connectivity index (χ1) is 14.9. The van der Waals surface area contributed by atoms with E-state index in [4.69, 9.17) is 9.15 Å². The molecule has 0 aliphatic carbocycles. The molecule has 0 atom stereocenters. The molecule has 3 aromatic rings. The fourth-order valence-corrected chi connectivity index (χ4v) is 3.23. The number of furan rings is 1. The van der Waals surface area contributed by atoms with Gasteiger partial charge in [-0.25, -0.2) is 0 Å². The maximum Gasteiger partial charge on any atom is 0.259 e. The molecule has 0 bridgehead atoms. The summed E-state index contributed by atoms with van der Waals surface area (Å²) in [7, 11) is 0. The summed E-state index contributed by atoms with van der Waals surface area (Å²) in [6.07, 6.45) is 2.43. The molecule has 162 valence electrons. The van der Waals surface area contributed by atoms with E-state index < -0.39 is 0 Å². The van der Waals surface area contributed by atoms with E-state index in [1.54, 1.807) is 54.8 Å². The molecule has 0 aliphatic rings. The van der Waals surface area contributed by atoms with Crippen LogP contribution in [0.15, 0.2) is 69.8 Å². The number of anilines is 1. The number of halogens is 1. The van der Waals surface area contributed by atoms with Crippen LogP contribution in [-0.2, 0) is 6.54 Å². The van der Waals surface area contributed by atoms with Crippen LogP contribution in [0.3, 0.4) is 0 Å². The number of rotatable bonds is 9. The van der Waals surface area contributed by atoms with Crippen LogP contribution in [0.2, 0.25) is 0 Å². The second-order valence-electron chi connectivity index (χ2n) is 7.43. The maximum atomic E-state index is 13.0. The highest BCUT2D eigenvalue weighted by molar-refractivity contribution is 9.10. The predicted octanol–water partition coefficient (Wildman–Crippen LogP) is 5.65. The molecule has 0 fully saturated rings. The van der Waals surface area contributed by atoms with Crippen LogP contribution in [0, 0.1) is 5.92 Å². The lowest BCUT2D eigenvalue weighted by Crippen LogP contribution is -2.24. The van der Waals surface area contributed by atoms with Gasteiger partial charge in [-0.3, -0.25) is 9.59 Å². The van der Waals surface area contributed by atoms with Crippen LogP contribution in [0.4, 0.5) is 5.69 Å². The van der Waals surface area contributed by atoms with Crippen molar-refractivity contribution in [2.75, 3.05) is 11.9 Å². The zero-order valence-electron chi connectivity index (χ0n) is 17.5. The van der Waals surface area contributed by atoms with Crippen molar-refractivity contribution in [2.45, 2.75) is 26.8 Å². The van der Waals surface area contributed by atoms with Crippen molar-refractivity contribution in [3.05, 3.63) is 82.2 Å². The molecule has 2 amide bonds.